The highest BCUT2D eigenvalue weighted by molar-refractivity contribution is 5.33. The summed E-state index contributed by atoms with van der Waals surface area (Å²) in [5, 5.41) is 6.51. The van der Waals surface area contributed by atoms with Crippen LogP contribution < -0.4 is 10.6 Å². The van der Waals surface area contributed by atoms with Gasteiger partial charge in [-0.05, 0) is 6.92 Å². The summed E-state index contributed by atoms with van der Waals surface area (Å²) < 4.78 is 5.01. The minimum absolute atomic E-state index is 0.222. The van der Waals surface area contributed by atoms with E-state index in [0.29, 0.717) is 18.5 Å². The van der Waals surface area contributed by atoms with Crippen LogP contribution in [0.4, 0.5) is 11.9 Å². The van der Waals surface area contributed by atoms with Crippen molar-refractivity contribution in [1.29, 1.82) is 0 Å². The number of methoxy groups -OCH3 is 1. The molecule has 0 radical (unpaired) electrons. The molecule has 13 heavy (non-hydrogen) atoms. The Morgan fingerprint density at radius 1 is 1.69 bits per heavy atom. The van der Waals surface area contributed by atoms with Crippen LogP contribution >= 0.6 is 0 Å². The van der Waals surface area contributed by atoms with Gasteiger partial charge in [-0.3, -0.25) is 0 Å². The first-order chi connectivity index (χ1) is 6.15. The van der Waals surface area contributed by atoms with Gasteiger partial charge in [0.15, 0.2) is 0 Å². The van der Waals surface area contributed by atoms with Crippen LogP contribution in [0.25, 0.3) is 0 Å². The Bertz CT molecular complexity index is 261. The smallest absolute Gasteiger partial charge is 0.246 e. The molecule has 0 saturated heterocycles. The van der Waals surface area contributed by atoms with Gasteiger partial charge in [0.1, 0.15) is 0 Å². The summed E-state index contributed by atoms with van der Waals surface area (Å²) in [5.41, 5.74) is 5.40. The maximum Gasteiger partial charge on any atom is 0.246 e. The molecule has 0 saturated carbocycles. The van der Waals surface area contributed by atoms with Gasteiger partial charge < -0.3 is 15.4 Å². The second-order valence-electron chi connectivity index (χ2n) is 2.94. The molecule has 0 fully saturated rings. The Labute approximate surface area is 77.1 Å². The summed E-state index contributed by atoms with van der Waals surface area (Å²) in [4.78, 5) is 5.89. The monoisotopic (exact) mass is 185 g/mol. The minimum Gasteiger partial charge on any atom is -0.383 e. The van der Waals surface area contributed by atoms with Gasteiger partial charge in [-0.15, -0.1) is 5.10 Å². The van der Waals surface area contributed by atoms with E-state index in [4.69, 9.17) is 10.5 Å². The lowest BCUT2D eigenvalue weighted by Crippen LogP contribution is -2.33. The van der Waals surface area contributed by atoms with Gasteiger partial charge >= 0.3 is 0 Å². The first-order valence-corrected chi connectivity index (χ1v) is 4.04. The SMILES string of the molecule is COCC(C)N(C)c1n[nH]c(N)n1. The number of ether oxygens (including phenoxy) is 1. The van der Waals surface area contributed by atoms with Crippen LogP contribution in [0.3, 0.4) is 0 Å². The molecule has 0 bridgehead atoms. The Morgan fingerprint density at radius 3 is 2.85 bits per heavy atom. The molecule has 74 valence electrons. The molecule has 0 aliphatic heterocycles. The molecule has 1 atom stereocenters. The molecule has 6 nitrogen and oxygen atoms in total. The number of nitrogens with two attached hydrogens (primary N) is 1. The number of anilines is 2. The number of aromatic amines is 1. The topological polar surface area (TPSA) is 80.1 Å². The molecular formula is C7H15N5O. The van der Waals surface area contributed by atoms with E-state index in [9.17, 15) is 0 Å². The molecule has 1 heterocycles. The van der Waals surface area contributed by atoms with Gasteiger partial charge in [-0.2, -0.15) is 4.98 Å². The second-order valence-corrected chi connectivity index (χ2v) is 2.94. The van der Waals surface area contributed by atoms with E-state index < -0.39 is 0 Å². The summed E-state index contributed by atoms with van der Waals surface area (Å²) in [7, 11) is 3.56. The van der Waals surface area contributed by atoms with Crippen molar-refractivity contribution in [2.75, 3.05) is 31.4 Å². The summed E-state index contributed by atoms with van der Waals surface area (Å²) >= 11 is 0. The molecule has 1 rings (SSSR count). The molecule has 3 N–H and O–H groups in total. The van der Waals surface area contributed by atoms with Crippen LogP contribution in [-0.2, 0) is 4.74 Å². The zero-order valence-electron chi connectivity index (χ0n) is 8.11. The normalized spacial score (nSPS) is 12.8. The largest absolute Gasteiger partial charge is 0.383 e. The highest BCUT2D eigenvalue weighted by atomic mass is 16.5. The average Bonchev–Trinajstić information content (AvgIpc) is 2.51. The standard InChI is InChI=1S/C7H15N5O/c1-5(4-13-3)12(2)7-9-6(8)10-11-7/h5H,4H2,1-3H3,(H3,8,9,10,11). The summed E-state index contributed by atoms with van der Waals surface area (Å²) in [5.74, 6) is 0.911. The predicted octanol–water partition coefficient (Wildman–Crippen LogP) is -0.142. The number of nitrogen functional groups attached to an aromatic ring is 1. The summed E-state index contributed by atoms with van der Waals surface area (Å²) in [6, 6.07) is 0.222. The van der Waals surface area contributed by atoms with E-state index in [1.54, 1.807) is 7.11 Å². The van der Waals surface area contributed by atoms with Crippen LogP contribution in [0.15, 0.2) is 0 Å². The van der Waals surface area contributed by atoms with Crippen molar-refractivity contribution in [3.8, 4) is 0 Å². The van der Waals surface area contributed by atoms with E-state index >= 15 is 0 Å². The second kappa shape index (κ2) is 4.08. The number of H-pyrrole nitrogens is 1. The maximum absolute atomic E-state index is 5.40. The number of rotatable bonds is 4. The van der Waals surface area contributed by atoms with Gasteiger partial charge in [0, 0.05) is 14.2 Å². The van der Waals surface area contributed by atoms with E-state index in [1.165, 1.54) is 0 Å². The van der Waals surface area contributed by atoms with Crippen LogP contribution in [0, 0.1) is 0 Å². The van der Waals surface area contributed by atoms with Crippen LogP contribution in [0.1, 0.15) is 6.92 Å². The molecule has 0 aromatic carbocycles. The van der Waals surface area contributed by atoms with Crippen molar-refractivity contribution in [1.82, 2.24) is 15.2 Å². The molecule has 1 aromatic heterocycles. The first-order valence-electron chi connectivity index (χ1n) is 4.04. The molecule has 0 aliphatic rings. The molecule has 0 spiro atoms. The third-order valence-electron chi connectivity index (χ3n) is 1.88. The van der Waals surface area contributed by atoms with Crippen LogP contribution in [0.2, 0.25) is 0 Å². The zero-order valence-corrected chi connectivity index (χ0v) is 8.11. The van der Waals surface area contributed by atoms with Crippen molar-refractivity contribution in [3.63, 3.8) is 0 Å². The quantitative estimate of drug-likeness (QED) is 0.682. The molecule has 0 aliphatic carbocycles. The van der Waals surface area contributed by atoms with Gasteiger partial charge in [-0.1, -0.05) is 0 Å². The molecule has 6 heteroatoms. The third-order valence-corrected chi connectivity index (χ3v) is 1.88. The Morgan fingerprint density at radius 2 is 2.38 bits per heavy atom. The summed E-state index contributed by atoms with van der Waals surface area (Å²) in [6.07, 6.45) is 0. The predicted molar refractivity (Wildman–Crippen MR) is 50.5 cm³/mol. The van der Waals surface area contributed by atoms with Crippen molar-refractivity contribution >= 4 is 11.9 Å². The van der Waals surface area contributed by atoms with Gasteiger partial charge in [0.2, 0.25) is 11.9 Å². The number of hydrogen-bond acceptors (Lipinski definition) is 5. The maximum atomic E-state index is 5.40. The fourth-order valence-electron chi connectivity index (χ4n) is 0.973. The average molecular weight is 185 g/mol. The Hall–Kier alpha value is -1.30. The third kappa shape index (κ3) is 2.32. The Kier molecular flexibility index (Phi) is 3.07. The Balaban J connectivity index is 2.61. The number of likely N-dealkylation sites (N-methyl/N-ethyl adjacent to an activating group) is 1. The zero-order chi connectivity index (χ0) is 9.84. The molecule has 0 amide bonds. The number of aromatic nitrogens is 3. The van der Waals surface area contributed by atoms with Gasteiger partial charge in [-0.25, -0.2) is 5.10 Å². The van der Waals surface area contributed by atoms with Crippen LogP contribution in [0.5, 0.6) is 0 Å². The van der Waals surface area contributed by atoms with Gasteiger partial charge in [0.25, 0.3) is 0 Å². The number of hydrogen-bond donors (Lipinski definition) is 2. The van der Waals surface area contributed by atoms with Crippen LogP contribution in [-0.4, -0.2) is 42.0 Å². The van der Waals surface area contributed by atoms with Crippen molar-refractivity contribution in [2.24, 2.45) is 0 Å². The molecule has 1 aromatic rings. The van der Waals surface area contributed by atoms with E-state index in [2.05, 4.69) is 15.2 Å². The lowest BCUT2D eigenvalue weighted by Gasteiger charge is -2.22. The van der Waals surface area contributed by atoms with Crippen molar-refractivity contribution < 1.29 is 4.74 Å². The molecular weight excluding hydrogens is 170 g/mol. The van der Waals surface area contributed by atoms with E-state index in [0.717, 1.165) is 0 Å². The van der Waals surface area contributed by atoms with E-state index in [1.807, 2.05) is 18.9 Å². The number of nitrogens with one attached hydrogen (secondary N) is 1. The molecule has 1 unspecified atom stereocenters. The summed E-state index contributed by atoms with van der Waals surface area (Å²) in [6.45, 7) is 2.65. The first kappa shape index (κ1) is 9.79. The lowest BCUT2D eigenvalue weighted by molar-refractivity contribution is 0.183. The van der Waals surface area contributed by atoms with Crippen molar-refractivity contribution in [2.45, 2.75) is 13.0 Å². The fourth-order valence-corrected chi connectivity index (χ4v) is 0.973. The fraction of sp³-hybridized carbons (Fsp3) is 0.714. The van der Waals surface area contributed by atoms with E-state index in [-0.39, 0.29) is 6.04 Å². The minimum atomic E-state index is 0.222. The highest BCUT2D eigenvalue weighted by Crippen LogP contribution is 2.08. The number of nitrogens with zero attached hydrogens (tertiary/aromatic N) is 3. The highest BCUT2D eigenvalue weighted by Gasteiger charge is 2.13. The van der Waals surface area contributed by atoms with Gasteiger partial charge in [0.05, 0.1) is 12.6 Å². The lowest BCUT2D eigenvalue weighted by atomic mass is 10.3. The van der Waals surface area contributed by atoms with Crippen molar-refractivity contribution in [3.05, 3.63) is 0 Å².